The summed E-state index contributed by atoms with van der Waals surface area (Å²) in [5.41, 5.74) is 5.60. The van der Waals surface area contributed by atoms with Gasteiger partial charge in [-0.05, 0) is 80.3 Å². The number of amides is 2. The predicted octanol–water partition coefficient (Wildman–Crippen LogP) is 5.58. The summed E-state index contributed by atoms with van der Waals surface area (Å²) in [6.45, 7) is 7.58. The first-order valence-corrected chi connectivity index (χ1v) is 15.1. The smallest absolute Gasteiger partial charge is 0.255 e. The van der Waals surface area contributed by atoms with E-state index in [0.717, 1.165) is 48.3 Å². The minimum absolute atomic E-state index is 0.103. The van der Waals surface area contributed by atoms with Crippen LogP contribution in [0.25, 0.3) is 22.4 Å². The highest BCUT2D eigenvalue weighted by Gasteiger charge is 2.22. The third-order valence-corrected chi connectivity index (χ3v) is 8.11. The van der Waals surface area contributed by atoms with E-state index in [2.05, 4.69) is 37.5 Å². The normalized spacial score (nSPS) is 13.6. The third-order valence-electron chi connectivity index (χ3n) is 8.11. The summed E-state index contributed by atoms with van der Waals surface area (Å²) in [6, 6.07) is 15.3. The monoisotopic (exact) mass is 604 g/mol. The van der Waals surface area contributed by atoms with Crippen LogP contribution in [0.4, 0.5) is 11.4 Å². The van der Waals surface area contributed by atoms with Gasteiger partial charge in [0.1, 0.15) is 11.1 Å². The molecule has 1 aliphatic rings. The van der Waals surface area contributed by atoms with Crippen molar-refractivity contribution in [3.8, 4) is 23.0 Å². The number of ether oxygens (including phenoxy) is 1. The highest BCUT2D eigenvalue weighted by atomic mass is 16.5. The van der Waals surface area contributed by atoms with Gasteiger partial charge in [0.2, 0.25) is 11.8 Å². The van der Waals surface area contributed by atoms with Gasteiger partial charge in [0.05, 0.1) is 6.20 Å². The largest absolute Gasteiger partial charge is 0.438 e. The number of carbonyl (C=O) groups excluding carboxylic acids is 2. The van der Waals surface area contributed by atoms with Gasteiger partial charge in [-0.15, -0.1) is 0 Å². The van der Waals surface area contributed by atoms with Gasteiger partial charge in [-0.25, -0.2) is 4.98 Å². The summed E-state index contributed by atoms with van der Waals surface area (Å²) in [5, 5.41) is 11.1. The van der Waals surface area contributed by atoms with E-state index in [1.54, 1.807) is 35.4 Å². The Morgan fingerprint density at radius 3 is 2.56 bits per heavy atom. The maximum Gasteiger partial charge on any atom is 0.255 e. The number of fused-ring (bicyclic) bond motifs is 1. The number of benzene rings is 2. The van der Waals surface area contributed by atoms with Crippen molar-refractivity contribution in [3.63, 3.8) is 0 Å². The molecule has 2 amide bonds. The first kappa shape index (κ1) is 29.7. The van der Waals surface area contributed by atoms with E-state index in [0.29, 0.717) is 46.2 Å². The number of aromatic nitrogens is 5. The molecule has 0 atom stereocenters. The van der Waals surface area contributed by atoms with Gasteiger partial charge >= 0.3 is 0 Å². The van der Waals surface area contributed by atoms with E-state index < -0.39 is 0 Å². The average Bonchev–Trinajstić information content (AvgIpc) is 3.43. The van der Waals surface area contributed by atoms with Crippen molar-refractivity contribution >= 4 is 34.2 Å². The molecule has 4 heterocycles. The highest BCUT2D eigenvalue weighted by Crippen LogP contribution is 2.32. The maximum absolute atomic E-state index is 13.4. The second kappa shape index (κ2) is 12.7. The second-order valence-corrected chi connectivity index (χ2v) is 11.3. The number of rotatable bonds is 8. The van der Waals surface area contributed by atoms with Crippen LogP contribution in [0.1, 0.15) is 47.7 Å². The summed E-state index contributed by atoms with van der Waals surface area (Å²) in [6.07, 6.45) is 7.39. The second-order valence-electron chi connectivity index (χ2n) is 11.3. The van der Waals surface area contributed by atoms with Crippen LogP contribution >= 0.6 is 0 Å². The Morgan fingerprint density at radius 2 is 1.82 bits per heavy atom. The first-order chi connectivity index (χ1) is 21.8. The third kappa shape index (κ3) is 6.47. The first-order valence-electron chi connectivity index (χ1n) is 15.1. The molecule has 0 bridgehead atoms. The fourth-order valence-corrected chi connectivity index (χ4v) is 5.54. The van der Waals surface area contributed by atoms with Crippen LogP contribution < -0.4 is 20.3 Å². The minimum Gasteiger partial charge on any atom is -0.438 e. The molecule has 1 fully saturated rings. The fraction of sp³-hybridized carbons (Fsp3) is 0.294. The Bertz CT molecular complexity index is 1860. The van der Waals surface area contributed by atoms with Crippen LogP contribution in [-0.4, -0.2) is 55.7 Å². The number of nitrogens with one attached hydrogen (secondary N) is 2. The van der Waals surface area contributed by atoms with Gasteiger partial charge in [-0.2, -0.15) is 10.1 Å². The standard InChI is InChI=1S/C34H36N8O3/c1-5-30(43)37-25-12-15-42(16-13-25)28-11-10-26(17-22(28)3)38-33(44)23-9-8-21(2)29(18-23)45-34-27-20-36-41(4)32(27)39-31(40-34)24-7-6-14-35-19-24/h6-11,14,17-20,25H,5,12-13,15-16H2,1-4H3,(H,37,43)(H,38,44). The zero-order valence-electron chi connectivity index (χ0n) is 25.9. The number of piperidine rings is 1. The van der Waals surface area contributed by atoms with Crippen LogP contribution in [0.2, 0.25) is 0 Å². The molecular weight excluding hydrogens is 568 g/mol. The molecule has 11 nitrogen and oxygen atoms in total. The van der Waals surface area contributed by atoms with E-state index in [-0.39, 0.29) is 17.9 Å². The van der Waals surface area contributed by atoms with Gasteiger partial charge < -0.3 is 20.3 Å². The van der Waals surface area contributed by atoms with Crippen LogP contribution in [0.3, 0.4) is 0 Å². The van der Waals surface area contributed by atoms with Gasteiger partial charge in [-0.3, -0.25) is 19.3 Å². The van der Waals surface area contributed by atoms with Crippen LogP contribution in [0.5, 0.6) is 11.6 Å². The average molecular weight is 605 g/mol. The Kier molecular flexibility index (Phi) is 8.41. The van der Waals surface area contributed by atoms with Crippen molar-refractivity contribution in [2.24, 2.45) is 7.05 Å². The van der Waals surface area contributed by atoms with Crippen molar-refractivity contribution in [2.75, 3.05) is 23.3 Å². The number of hydrogen-bond donors (Lipinski definition) is 2. The van der Waals surface area contributed by atoms with E-state index in [1.807, 2.05) is 57.3 Å². The summed E-state index contributed by atoms with van der Waals surface area (Å²) in [5.74, 6) is 1.17. The zero-order chi connectivity index (χ0) is 31.5. The van der Waals surface area contributed by atoms with Gasteiger partial charge in [0, 0.05) is 67.5 Å². The molecule has 2 aromatic carbocycles. The van der Waals surface area contributed by atoms with Crippen LogP contribution in [0.15, 0.2) is 67.1 Å². The fourth-order valence-electron chi connectivity index (χ4n) is 5.54. The lowest BCUT2D eigenvalue weighted by atomic mass is 10.0. The molecule has 1 aliphatic heterocycles. The number of aryl methyl sites for hydroxylation is 3. The maximum atomic E-state index is 13.4. The molecule has 0 radical (unpaired) electrons. The summed E-state index contributed by atoms with van der Waals surface area (Å²) in [7, 11) is 1.81. The highest BCUT2D eigenvalue weighted by molar-refractivity contribution is 6.04. The predicted molar refractivity (Wildman–Crippen MR) is 174 cm³/mol. The van der Waals surface area contributed by atoms with Crippen molar-refractivity contribution in [2.45, 2.75) is 46.1 Å². The molecule has 11 heteroatoms. The lowest BCUT2D eigenvalue weighted by Crippen LogP contribution is -2.44. The molecular formula is C34H36N8O3. The van der Waals surface area contributed by atoms with E-state index in [4.69, 9.17) is 9.72 Å². The number of hydrogen-bond acceptors (Lipinski definition) is 8. The lowest BCUT2D eigenvalue weighted by Gasteiger charge is -2.35. The molecule has 0 spiro atoms. The van der Waals surface area contributed by atoms with Crippen molar-refractivity contribution in [3.05, 3.63) is 83.8 Å². The minimum atomic E-state index is -0.246. The van der Waals surface area contributed by atoms with E-state index >= 15 is 0 Å². The lowest BCUT2D eigenvalue weighted by molar-refractivity contribution is -0.121. The molecule has 3 aromatic heterocycles. The topological polar surface area (TPSA) is 127 Å². The van der Waals surface area contributed by atoms with Crippen LogP contribution in [-0.2, 0) is 11.8 Å². The molecule has 1 saturated heterocycles. The molecule has 45 heavy (non-hydrogen) atoms. The molecule has 0 unspecified atom stereocenters. The quantitative estimate of drug-likeness (QED) is 0.235. The number of anilines is 2. The number of pyridine rings is 1. The molecule has 2 N–H and O–H groups in total. The van der Waals surface area contributed by atoms with Crippen molar-refractivity contribution < 1.29 is 14.3 Å². The van der Waals surface area contributed by atoms with Crippen molar-refractivity contribution in [1.29, 1.82) is 0 Å². The van der Waals surface area contributed by atoms with Crippen LogP contribution in [0, 0.1) is 13.8 Å². The van der Waals surface area contributed by atoms with Gasteiger partial charge in [0.15, 0.2) is 11.5 Å². The summed E-state index contributed by atoms with van der Waals surface area (Å²) < 4.78 is 8.01. The molecule has 0 saturated carbocycles. The van der Waals surface area contributed by atoms with E-state index in [9.17, 15) is 9.59 Å². The van der Waals surface area contributed by atoms with Crippen molar-refractivity contribution in [1.82, 2.24) is 30.0 Å². The molecule has 5 aromatic rings. The Labute approximate surface area is 261 Å². The number of carbonyl (C=O) groups is 2. The van der Waals surface area contributed by atoms with Gasteiger partial charge in [-0.1, -0.05) is 13.0 Å². The Hall–Kier alpha value is -5.32. The Balaban J connectivity index is 1.18. The number of nitrogens with zero attached hydrogens (tertiary/aromatic N) is 6. The zero-order valence-corrected chi connectivity index (χ0v) is 25.9. The van der Waals surface area contributed by atoms with E-state index in [1.165, 1.54) is 0 Å². The molecule has 6 rings (SSSR count). The van der Waals surface area contributed by atoms with Gasteiger partial charge in [0.25, 0.3) is 5.91 Å². The summed E-state index contributed by atoms with van der Waals surface area (Å²) in [4.78, 5) is 41.0. The summed E-state index contributed by atoms with van der Waals surface area (Å²) >= 11 is 0. The SMILES string of the molecule is CCC(=O)NC1CCN(c2ccc(NC(=O)c3ccc(C)c(Oc4nc(-c5cccnc5)nc5c4cnn5C)c3)cc2C)CC1. The Morgan fingerprint density at radius 1 is 1.00 bits per heavy atom. The molecule has 0 aliphatic carbocycles. The molecule has 230 valence electrons.